The van der Waals surface area contributed by atoms with Gasteiger partial charge in [0.2, 0.25) is 11.1 Å². The second kappa shape index (κ2) is 5.66. The molecule has 0 unspecified atom stereocenters. The number of anilines is 2. The SMILES string of the molecule is Cc1ccc2oc3nc4cc5nc(N)c(C#N)c(N)c5c(C)c4cc3c(=O)c2c1. The lowest BCUT2D eigenvalue weighted by atomic mass is 9.99. The van der Waals surface area contributed by atoms with Gasteiger partial charge < -0.3 is 15.9 Å². The van der Waals surface area contributed by atoms with Crippen LogP contribution in [0.25, 0.3) is 43.9 Å². The molecule has 2 aromatic carbocycles. The largest absolute Gasteiger partial charge is 0.437 e. The molecular formula is C22H15N5O2. The third kappa shape index (κ3) is 2.26. The summed E-state index contributed by atoms with van der Waals surface area (Å²) in [5.74, 6) is 0.0740. The topological polar surface area (TPSA) is 132 Å². The van der Waals surface area contributed by atoms with Gasteiger partial charge >= 0.3 is 0 Å². The molecule has 0 saturated carbocycles. The summed E-state index contributed by atoms with van der Waals surface area (Å²) in [6, 6.07) is 11.0. The summed E-state index contributed by atoms with van der Waals surface area (Å²) in [4.78, 5) is 22.0. The van der Waals surface area contributed by atoms with Crippen LogP contribution in [-0.2, 0) is 0 Å². The molecule has 3 aromatic heterocycles. The molecular weight excluding hydrogens is 366 g/mol. The van der Waals surface area contributed by atoms with Gasteiger partial charge in [-0.05, 0) is 43.7 Å². The second-order valence-corrected chi connectivity index (χ2v) is 7.13. The molecule has 29 heavy (non-hydrogen) atoms. The van der Waals surface area contributed by atoms with Gasteiger partial charge in [-0.15, -0.1) is 0 Å². The third-order valence-corrected chi connectivity index (χ3v) is 5.30. The van der Waals surface area contributed by atoms with E-state index < -0.39 is 0 Å². The fourth-order valence-electron chi connectivity index (χ4n) is 3.84. The molecule has 4 N–H and O–H groups in total. The predicted molar refractivity (Wildman–Crippen MR) is 114 cm³/mol. The summed E-state index contributed by atoms with van der Waals surface area (Å²) in [5, 5.41) is 11.6. The van der Waals surface area contributed by atoms with E-state index in [9.17, 15) is 10.1 Å². The summed E-state index contributed by atoms with van der Waals surface area (Å²) in [6.07, 6.45) is 0. The van der Waals surface area contributed by atoms with Gasteiger partial charge in [0.05, 0.1) is 27.5 Å². The zero-order valence-corrected chi connectivity index (χ0v) is 15.7. The number of pyridine rings is 2. The lowest BCUT2D eigenvalue weighted by Crippen LogP contribution is -2.05. The smallest absolute Gasteiger partial charge is 0.231 e. The summed E-state index contributed by atoms with van der Waals surface area (Å²) in [5.41, 5.74) is 16.0. The van der Waals surface area contributed by atoms with E-state index in [4.69, 9.17) is 15.9 Å². The number of nitrogen functional groups attached to an aromatic ring is 2. The van der Waals surface area contributed by atoms with E-state index >= 15 is 0 Å². The van der Waals surface area contributed by atoms with E-state index in [1.54, 1.807) is 18.2 Å². The number of hydrogen-bond donors (Lipinski definition) is 2. The van der Waals surface area contributed by atoms with Crippen LogP contribution in [0.15, 0.2) is 39.5 Å². The number of nitriles is 1. The Morgan fingerprint density at radius 2 is 1.79 bits per heavy atom. The number of fused-ring (bicyclic) bond motifs is 4. The maximum atomic E-state index is 13.1. The fraction of sp³-hybridized carbons (Fsp3) is 0.0909. The standard InChI is InChI=1S/C22H15N5O2/c1-9-3-4-17-12(5-9)20(28)13-6-11-10(2)18-16(7-15(11)27-22(13)29-17)26-21(25)14(8-23)19(18)24/h3-7H,1-2H3,(H4,24,25,26). The minimum atomic E-state index is -0.139. The predicted octanol–water partition coefficient (Wildman–Crippen LogP) is 3.70. The minimum absolute atomic E-state index is 0.0740. The molecule has 5 rings (SSSR count). The molecule has 140 valence electrons. The number of nitrogens with zero attached hydrogens (tertiary/aromatic N) is 3. The lowest BCUT2D eigenvalue weighted by Gasteiger charge is -2.12. The summed E-state index contributed by atoms with van der Waals surface area (Å²) in [7, 11) is 0. The molecule has 0 spiro atoms. The fourth-order valence-corrected chi connectivity index (χ4v) is 3.84. The molecule has 0 aliphatic heterocycles. The minimum Gasteiger partial charge on any atom is -0.437 e. The average molecular weight is 381 g/mol. The van der Waals surface area contributed by atoms with Gasteiger partial charge in [-0.25, -0.2) is 9.97 Å². The Bertz CT molecular complexity index is 1630. The number of rotatable bonds is 0. The van der Waals surface area contributed by atoms with E-state index in [1.807, 2.05) is 32.0 Å². The van der Waals surface area contributed by atoms with Crippen molar-refractivity contribution in [2.24, 2.45) is 0 Å². The Morgan fingerprint density at radius 1 is 1.00 bits per heavy atom. The molecule has 0 bridgehead atoms. The Kier molecular flexibility index (Phi) is 3.31. The lowest BCUT2D eigenvalue weighted by molar-refractivity contribution is 0.646. The highest BCUT2D eigenvalue weighted by Gasteiger charge is 2.17. The Hall–Kier alpha value is -4.18. The quantitative estimate of drug-likeness (QED) is 0.391. The molecule has 7 heteroatoms. The first-order chi connectivity index (χ1) is 13.9. The van der Waals surface area contributed by atoms with E-state index in [-0.39, 0.29) is 28.2 Å². The molecule has 0 aliphatic carbocycles. The van der Waals surface area contributed by atoms with Crippen molar-refractivity contribution in [2.75, 3.05) is 11.5 Å². The number of aromatic nitrogens is 2. The molecule has 0 saturated heterocycles. The Morgan fingerprint density at radius 3 is 2.55 bits per heavy atom. The van der Waals surface area contributed by atoms with Crippen molar-refractivity contribution in [2.45, 2.75) is 13.8 Å². The van der Waals surface area contributed by atoms with Crippen molar-refractivity contribution in [1.82, 2.24) is 9.97 Å². The van der Waals surface area contributed by atoms with Crippen molar-refractivity contribution in [3.63, 3.8) is 0 Å². The van der Waals surface area contributed by atoms with Crippen molar-refractivity contribution >= 4 is 55.4 Å². The highest BCUT2D eigenvalue weighted by atomic mass is 16.3. The van der Waals surface area contributed by atoms with Crippen LogP contribution in [0.2, 0.25) is 0 Å². The average Bonchev–Trinajstić information content (AvgIpc) is 2.68. The maximum Gasteiger partial charge on any atom is 0.231 e. The van der Waals surface area contributed by atoms with Crippen molar-refractivity contribution in [3.05, 3.63) is 57.2 Å². The van der Waals surface area contributed by atoms with Crippen LogP contribution in [0, 0.1) is 25.2 Å². The Balaban J connectivity index is 1.99. The molecule has 0 radical (unpaired) electrons. The second-order valence-electron chi connectivity index (χ2n) is 7.13. The molecule has 3 heterocycles. The van der Waals surface area contributed by atoms with Crippen LogP contribution in [-0.4, -0.2) is 9.97 Å². The zero-order valence-electron chi connectivity index (χ0n) is 15.7. The van der Waals surface area contributed by atoms with E-state index in [1.165, 1.54) is 0 Å². The van der Waals surface area contributed by atoms with Crippen LogP contribution >= 0.6 is 0 Å². The first-order valence-corrected chi connectivity index (χ1v) is 8.95. The van der Waals surface area contributed by atoms with E-state index in [0.29, 0.717) is 32.8 Å². The Labute approximate surface area is 164 Å². The van der Waals surface area contributed by atoms with Gasteiger partial charge in [-0.2, -0.15) is 5.26 Å². The summed E-state index contributed by atoms with van der Waals surface area (Å²) >= 11 is 0. The van der Waals surface area contributed by atoms with Gasteiger partial charge in [0.1, 0.15) is 23.0 Å². The molecule has 0 atom stereocenters. The van der Waals surface area contributed by atoms with Crippen LogP contribution in [0.5, 0.6) is 0 Å². The molecule has 7 nitrogen and oxygen atoms in total. The monoisotopic (exact) mass is 381 g/mol. The van der Waals surface area contributed by atoms with Crippen molar-refractivity contribution < 1.29 is 4.42 Å². The molecule has 0 aliphatic rings. The number of aryl methyl sites for hydroxylation is 2. The van der Waals surface area contributed by atoms with Gasteiger partial charge in [-0.1, -0.05) is 11.6 Å². The van der Waals surface area contributed by atoms with Crippen LogP contribution in [0.1, 0.15) is 16.7 Å². The van der Waals surface area contributed by atoms with Crippen LogP contribution in [0.3, 0.4) is 0 Å². The number of nitrogens with two attached hydrogens (primary N) is 2. The first kappa shape index (κ1) is 17.0. The molecule has 5 aromatic rings. The van der Waals surface area contributed by atoms with Gasteiger partial charge in [0.15, 0.2) is 0 Å². The van der Waals surface area contributed by atoms with E-state index in [2.05, 4.69) is 9.97 Å². The summed E-state index contributed by atoms with van der Waals surface area (Å²) in [6.45, 7) is 3.78. The van der Waals surface area contributed by atoms with Gasteiger partial charge in [0, 0.05) is 10.8 Å². The first-order valence-electron chi connectivity index (χ1n) is 8.95. The normalized spacial score (nSPS) is 11.5. The van der Waals surface area contributed by atoms with Crippen LogP contribution < -0.4 is 16.9 Å². The molecule has 0 fully saturated rings. The van der Waals surface area contributed by atoms with Gasteiger partial charge in [0.25, 0.3) is 0 Å². The van der Waals surface area contributed by atoms with E-state index in [0.717, 1.165) is 16.5 Å². The maximum absolute atomic E-state index is 13.1. The summed E-state index contributed by atoms with van der Waals surface area (Å²) < 4.78 is 5.90. The third-order valence-electron chi connectivity index (χ3n) is 5.30. The highest BCUT2D eigenvalue weighted by Crippen LogP contribution is 2.34. The number of benzene rings is 2. The van der Waals surface area contributed by atoms with Gasteiger partial charge in [-0.3, -0.25) is 4.79 Å². The number of hydrogen-bond acceptors (Lipinski definition) is 7. The van der Waals surface area contributed by atoms with Crippen LogP contribution in [0.4, 0.5) is 11.5 Å². The zero-order chi connectivity index (χ0) is 20.4. The van der Waals surface area contributed by atoms with Crippen molar-refractivity contribution in [3.8, 4) is 6.07 Å². The van der Waals surface area contributed by atoms with Crippen molar-refractivity contribution in [1.29, 1.82) is 5.26 Å². The highest BCUT2D eigenvalue weighted by molar-refractivity contribution is 6.08. The molecule has 0 amide bonds.